The summed E-state index contributed by atoms with van der Waals surface area (Å²) in [6.45, 7) is 7.06. The van der Waals surface area contributed by atoms with Crippen LogP contribution in [0.4, 0.5) is 0 Å². The van der Waals surface area contributed by atoms with E-state index in [2.05, 4.69) is 42.0 Å². The molecule has 3 atom stereocenters. The van der Waals surface area contributed by atoms with E-state index in [0.717, 1.165) is 50.7 Å². The third-order valence-corrected chi connectivity index (χ3v) is 6.78. The molecule has 1 aliphatic heterocycles. The van der Waals surface area contributed by atoms with Gasteiger partial charge < -0.3 is 19.8 Å². The number of ether oxygens (including phenoxy) is 1. The second-order valence-corrected chi connectivity index (χ2v) is 9.04. The van der Waals surface area contributed by atoms with E-state index in [1.807, 2.05) is 12.1 Å². The number of hydrogen-bond acceptors (Lipinski definition) is 4. The van der Waals surface area contributed by atoms with Crippen LogP contribution >= 0.6 is 35.3 Å². The molecule has 154 valence electrons. The number of thiophene rings is 1. The number of hydrogen-bond donors (Lipinski definition) is 2. The minimum absolute atomic E-state index is 0. The van der Waals surface area contributed by atoms with Crippen LogP contribution in [-0.2, 0) is 17.6 Å². The van der Waals surface area contributed by atoms with Crippen LogP contribution in [0.15, 0.2) is 45.3 Å². The number of guanidine groups is 1. The molecule has 5 nitrogen and oxygen atoms in total. The van der Waals surface area contributed by atoms with E-state index in [4.69, 9.17) is 14.1 Å². The second kappa shape index (κ2) is 9.63. The molecule has 28 heavy (non-hydrogen) atoms. The molecule has 4 rings (SSSR count). The highest BCUT2D eigenvalue weighted by Gasteiger charge is 2.59. The van der Waals surface area contributed by atoms with Crippen LogP contribution in [0.3, 0.4) is 0 Å². The highest BCUT2D eigenvalue weighted by atomic mass is 127. The number of fused-ring (bicyclic) bond motifs is 1. The Balaban J connectivity index is 0.00000225. The molecule has 2 N–H and O–H groups in total. The lowest BCUT2D eigenvalue weighted by atomic mass is 9.57. The molecule has 2 fully saturated rings. The monoisotopic (exact) mass is 515 g/mol. The van der Waals surface area contributed by atoms with E-state index in [-0.39, 0.29) is 29.4 Å². The van der Waals surface area contributed by atoms with Crippen LogP contribution in [0.2, 0.25) is 0 Å². The standard InChI is InChI=1S/C21H29N3O2S.HI/c1-21(2)18(17-9-13-26-19(17)21)24-20(22-10-7-15-5-3-12-25-15)23-11-8-16-6-4-14-27-16;/h3-6,12,14,17-19H,7-11,13H2,1-2H3,(H2,22,23,24);1H. The molecule has 2 aromatic heterocycles. The Morgan fingerprint density at radius 3 is 2.93 bits per heavy atom. The van der Waals surface area contributed by atoms with E-state index < -0.39 is 0 Å². The fraction of sp³-hybridized carbons (Fsp3) is 0.571. The molecule has 1 saturated heterocycles. The Morgan fingerprint density at radius 1 is 1.29 bits per heavy atom. The largest absolute Gasteiger partial charge is 0.469 e. The van der Waals surface area contributed by atoms with Gasteiger partial charge in [-0.25, -0.2) is 0 Å². The van der Waals surface area contributed by atoms with Crippen molar-refractivity contribution in [3.63, 3.8) is 0 Å². The second-order valence-electron chi connectivity index (χ2n) is 8.00. The van der Waals surface area contributed by atoms with Crippen molar-refractivity contribution in [1.29, 1.82) is 0 Å². The zero-order valence-corrected chi connectivity index (χ0v) is 19.7. The van der Waals surface area contributed by atoms with Crippen molar-refractivity contribution >= 4 is 41.3 Å². The maximum absolute atomic E-state index is 5.93. The van der Waals surface area contributed by atoms with Gasteiger partial charge in [0.2, 0.25) is 0 Å². The summed E-state index contributed by atoms with van der Waals surface area (Å²) < 4.78 is 11.4. The lowest BCUT2D eigenvalue weighted by Gasteiger charge is -2.54. The van der Waals surface area contributed by atoms with Crippen LogP contribution in [0, 0.1) is 11.3 Å². The Hall–Kier alpha value is -1.06. The van der Waals surface area contributed by atoms with E-state index in [9.17, 15) is 0 Å². The Labute approximate surface area is 188 Å². The van der Waals surface area contributed by atoms with Crippen LogP contribution in [0.5, 0.6) is 0 Å². The predicted octanol–water partition coefficient (Wildman–Crippen LogP) is 4.09. The van der Waals surface area contributed by atoms with Crippen LogP contribution < -0.4 is 10.6 Å². The summed E-state index contributed by atoms with van der Waals surface area (Å²) in [5, 5.41) is 9.33. The molecular formula is C21H30IN3O2S. The molecule has 1 saturated carbocycles. The first kappa shape index (κ1) is 21.6. The summed E-state index contributed by atoms with van der Waals surface area (Å²) in [5.74, 6) is 2.49. The molecule has 3 unspecified atom stereocenters. The number of nitrogens with zero attached hydrogens (tertiary/aromatic N) is 1. The van der Waals surface area contributed by atoms with Gasteiger partial charge in [-0.05, 0) is 30.0 Å². The minimum atomic E-state index is 0. The van der Waals surface area contributed by atoms with Gasteiger partial charge in [0.1, 0.15) is 5.76 Å². The summed E-state index contributed by atoms with van der Waals surface area (Å²) in [6, 6.07) is 8.62. The quantitative estimate of drug-likeness (QED) is 0.332. The normalized spacial score (nSPS) is 25.5. The third-order valence-electron chi connectivity index (χ3n) is 5.84. The SMILES string of the molecule is CC1(C)C(NC(=NCCc2cccs2)NCCc2ccco2)C2CCOC21.I. The van der Waals surface area contributed by atoms with Gasteiger partial charge in [-0.15, -0.1) is 35.3 Å². The summed E-state index contributed by atoms with van der Waals surface area (Å²) in [5.41, 5.74) is 0.137. The third kappa shape index (κ3) is 4.74. The summed E-state index contributed by atoms with van der Waals surface area (Å²) >= 11 is 1.79. The van der Waals surface area contributed by atoms with Crippen LogP contribution in [0.25, 0.3) is 0 Å². The fourth-order valence-electron chi connectivity index (χ4n) is 4.41. The zero-order chi connectivity index (χ0) is 18.7. The molecule has 1 aliphatic carbocycles. The molecule has 7 heteroatoms. The van der Waals surface area contributed by atoms with Gasteiger partial charge in [-0.2, -0.15) is 0 Å². The number of furan rings is 1. The first-order valence-electron chi connectivity index (χ1n) is 9.86. The zero-order valence-electron chi connectivity index (χ0n) is 16.5. The van der Waals surface area contributed by atoms with Gasteiger partial charge in [-0.1, -0.05) is 19.9 Å². The number of aliphatic imine (C=N–C) groups is 1. The van der Waals surface area contributed by atoms with Gasteiger partial charge in [0, 0.05) is 54.8 Å². The summed E-state index contributed by atoms with van der Waals surface area (Å²) in [7, 11) is 0. The Kier molecular flexibility index (Phi) is 7.44. The predicted molar refractivity (Wildman–Crippen MR) is 125 cm³/mol. The van der Waals surface area contributed by atoms with Gasteiger partial charge in [0.05, 0.1) is 12.4 Å². The number of nitrogens with one attached hydrogen (secondary N) is 2. The minimum Gasteiger partial charge on any atom is -0.469 e. The molecule has 0 spiro atoms. The highest BCUT2D eigenvalue weighted by Crippen LogP contribution is 2.52. The van der Waals surface area contributed by atoms with Crippen molar-refractivity contribution in [2.75, 3.05) is 19.7 Å². The smallest absolute Gasteiger partial charge is 0.191 e. The van der Waals surface area contributed by atoms with Crippen molar-refractivity contribution in [3.8, 4) is 0 Å². The van der Waals surface area contributed by atoms with Crippen LogP contribution in [0.1, 0.15) is 30.9 Å². The average Bonchev–Trinajstić information content (AvgIpc) is 3.40. The summed E-state index contributed by atoms with van der Waals surface area (Å²) in [4.78, 5) is 6.23. The van der Waals surface area contributed by atoms with E-state index in [0.29, 0.717) is 18.1 Å². The molecule has 3 heterocycles. The van der Waals surface area contributed by atoms with Crippen molar-refractivity contribution in [1.82, 2.24) is 10.6 Å². The van der Waals surface area contributed by atoms with Crippen molar-refractivity contribution < 1.29 is 9.15 Å². The molecule has 0 radical (unpaired) electrons. The van der Waals surface area contributed by atoms with Crippen LogP contribution in [-0.4, -0.2) is 37.8 Å². The van der Waals surface area contributed by atoms with Gasteiger partial charge in [0.15, 0.2) is 5.96 Å². The number of halogens is 1. The van der Waals surface area contributed by atoms with Crippen molar-refractivity contribution in [3.05, 3.63) is 46.5 Å². The molecular weight excluding hydrogens is 485 g/mol. The molecule has 2 aromatic rings. The van der Waals surface area contributed by atoms with Gasteiger partial charge in [0.25, 0.3) is 0 Å². The maximum Gasteiger partial charge on any atom is 0.191 e. The summed E-state index contributed by atoms with van der Waals surface area (Å²) in [6.07, 6.45) is 5.07. The van der Waals surface area contributed by atoms with Gasteiger partial charge >= 0.3 is 0 Å². The average molecular weight is 515 g/mol. The maximum atomic E-state index is 5.93. The van der Waals surface area contributed by atoms with E-state index >= 15 is 0 Å². The van der Waals surface area contributed by atoms with E-state index in [1.165, 1.54) is 4.88 Å². The molecule has 2 aliphatic rings. The topological polar surface area (TPSA) is 58.8 Å². The lowest BCUT2D eigenvalue weighted by Crippen LogP contribution is -2.68. The molecule has 0 aromatic carbocycles. The van der Waals surface area contributed by atoms with E-state index in [1.54, 1.807) is 17.6 Å². The highest BCUT2D eigenvalue weighted by molar-refractivity contribution is 14.0. The van der Waals surface area contributed by atoms with Crippen molar-refractivity contribution in [2.24, 2.45) is 16.3 Å². The van der Waals surface area contributed by atoms with Gasteiger partial charge in [-0.3, -0.25) is 4.99 Å². The first-order chi connectivity index (χ1) is 13.1. The van der Waals surface area contributed by atoms with Crippen molar-refractivity contribution in [2.45, 2.75) is 45.3 Å². The Morgan fingerprint density at radius 2 is 2.18 bits per heavy atom. The lowest BCUT2D eigenvalue weighted by molar-refractivity contribution is -0.106. The molecule has 0 amide bonds. The fourth-order valence-corrected chi connectivity index (χ4v) is 5.11. The first-order valence-corrected chi connectivity index (χ1v) is 10.7. The number of rotatable bonds is 7. The molecule has 0 bridgehead atoms. The Bertz CT molecular complexity index is 746.